The van der Waals surface area contributed by atoms with Crippen molar-refractivity contribution in [2.24, 2.45) is 5.92 Å². The summed E-state index contributed by atoms with van der Waals surface area (Å²) < 4.78 is 46.9. The molecule has 2 aliphatic rings. The van der Waals surface area contributed by atoms with Gasteiger partial charge in [0.05, 0.1) is 41.4 Å². The van der Waals surface area contributed by atoms with Gasteiger partial charge < -0.3 is 15.0 Å². The third-order valence-corrected chi connectivity index (χ3v) is 7.77. The van der Waals surface area contributed by atoms with Crippen molar-refractivity contribution in [2.45, 2.75) is 71.1 Å². The molecule has 2 aliphatic heterocycles. The van der Waals surface area contributed by atoms with Gasteiger partial charge in [-0.25, -0.2) is 4.98 Å². The highest BCUT2D eigenvalue weighted by molar-refractivity contribution is 7.81. The maximum Gasteiger partial charge on any atom is 0.417 e. The van der Waals surface area contributed by atoms with E-state index < -0.39 is 28.7 Å². The Balaban J connectivity index is 1.58. The smallest absolute Gasteiger partial charge is 0.417 e. The van der Waals surface area contributed by atoms with Crippen molar-refractivity contribution in [1.82, 2.24) is 10.3 Å². The van der Waals surface area contributed by atoms with Crippen LogP contribution in [0, 0.1) is 17.2 Å². The number of carbonyl (C=O) groups is 1. The average molecular weight is 560 g/mol. The van der Waals surface area contributed by atoms with E-state index in [1.165, 1.54) is 6.07 Å². The molecule has 208 valence electrons. The average Bonchev–Trinajstić information content (AvgIpc) is 3.06. The summed E-state index contributed by atoms with van der Waals surface area (Å²) in [4.78, 5) is 20.7. The van der Waals surface area contributed by atoms with Crippen LogP contribution < -0.4 is 19.9 Å². The molecule has 2 atom stereocenters. The first-order chi connectivity index (χ1) is 18.4. The van der Waals surface area contributed by atoms with E-state index in [2.05, 4.69) is 17.2 Å². The number of nitrogens with one attached hydrogen (secondary N) is 1. The number of hydrogen-bond donors (Lipinski definition) is 1. The number of aryl methyl sites for hydroxylation is 1. The van der Waals surface area contributed by atoms with E-state index in [-0.39, 0.29) is 10.8 Å². The minimum absolute atomic E-state index is 0.0281. The minimum Gasteiger partial charge on any atom is -0.477 e. The molecule has 2 aromatic rings. The van der Waals surface area contributed by atoms with E-state index in [0.29, 0.717) is 36.6 Å². The van der Waals surface area contributed by atoms with Crippen molar-refractivity contribution in [3.8, 4) is 11.9 Å². The van der Waals surface area contributed by atoms with Crippen LogP contribution in [0.1, 0.15) is 63.6 Å². The van der Waals surface area contributed by atoms with E-state index in [0.717, 1.165) is 48.4 Å². The van der Waals surface area contributed by atoms with E-state index in [9.17, 15) is 18.0 Å². The number of alkyl halides is 3. The van der Waals surface area contributed by atoms with Crippen molar-refractivity contribution in [3.05, 3.63) is 47.2 Å². The van der Waals surface area contributed by atoms with Crippen LogP contribution in [0.5, 0.6) is 5.88 Å². The van der Waals surface area contributed by atoms with Crippen LogP contribution in [0.25, 0.3) is 0 Å². The molecule has 0 aliphatic carbocycles. The molecule has 1 aromatic heterocycles. The molecule has 0 radical (unpaired) electrons. The minimum atomic E-state index is -4.76. The van der Waals surface area contributed by atoms with Gasteiger partial charge in [0.2, 0.25) is 5.88 Å². The summed E-state index contributed by atoms with van der Waals surface area (Å²) in [6.07, 6.45) is 0.622. The normalized spacial score (nSPS) is 21.3. The molecule has 0 spiro atoms. The molecule has 11 heteroatoms. The van der Waals surface area contributed by atoms with Gasteiger partial charge in [-0.2, -0.15) is 18.4 Å². The maximum atomic E-state index is 13.6. The molecule has 2 fully saturated rings. The lowest BCUT2D eigenvalue weighted by atomic mass is 9.91. The fourth-order valence-corrected chi connectivity index (χ4v) is 5.79. The van der Waals surface area contributed by atoms with Gasteiger partial charge in [0.15, 0.2) is 5.11 Å². The molecule has 0 bridgehead atoms. The number of nitrogens with zero attached hydrogens (tertiary/aromatic N) is 4. The first-order valence-corrected chi connectivity index (χ1v) is 13.4. The van der Waals surface area contributed by atoms with Crippen molar-refractivity contribution >= 4 is 34.6 Å². The molecule has 4 rings (SSSR count). The number of piperidine rings is 1. The van der Waals surface area contributed by atoms with Crippen LogP contribution in [-0.4, -0.2) is 40.7 Å². The quantitative estimate of drug-likeness (QED) is 0.442. The Morgan fingerprint density at radius 2 is 2.03 bits per heavy atom. The predicted octanol–water partition coefficient (Wildman–Crippen LogP) is 5.61. The zero-order valence-electron chi connectivity index (χ0n) is 22.4. The van der Waals surface area contributed by atoms with Gasteiger partial charge in [0.1, 0.15) is 5.54 Å². The van der Waals surface area contributed by atoms with Gasteiger partial charge in [0, 0.05) is 11.6 Å². The fraction of sp³-hybridized carbons (Fsp3) is 0.500. The van der Waals surface area contributed by atoms with Gasteiger partial charge >= 0.3 is 6.18 Å². The Bertz CT molecular complexity index is 1310. The number of carbonyl (C=O) groups excluding carboxylic acids is 1. The van der Waals surface area contributed by atoms with Crippen LogP contribution in [0.4, 0.5) is 24.5 Å². The third-order valence-electron chi connectivity index (χ3n) is 7.40. The second-order valence-electron chi connectivity index (χ2n) is 10.6. The Morgan fingerprint density at radius 3 is 2.67 bits per heavy atom. The second kappa shape index (κ2) is 11.1. The van der Waals surface area contributed by atoms with Crippen LogP contribution >= 0.6 is 12.2 Å². The zero-order valence-corrected chi connectivity index (χ0v) is 23.2. The molecular formula is C28H32F3N5O2S. The number of amides is 1. The molecule has 7 nitrogen and oxygen atoms in total. The molecule has 1 amide bonds. The lowest BCUT2D eigenvalue weighted by Gasteiger charge is -2.30. The van der Waals surface area contributed by atoms with Gasteiger partial charge in [-0.3, -0.25) is 9.69 Å². The van der Waals surface area contributed by atoms with Crippen molar-refractivity contribution in [3.63, 3.8) is 0 Å². The van der Waals surface area contributed by atoms with Gasteiger partial charge in [-0.15, -0.1) is 0 Å². The molecule has 1 N–H and O–H groups in total. The summed E-state index contributed by atoms with van der Waals surface area (Å²) in [5, 5.41) is 12.6. The Hall–Kier alpha value is -3.23. The summed E-state index contributed by atoms with van der Waals surface area (Å²) in [5.74, 6) is 0.640. The number of ether oxygens (including phenoxy) is 1. The topological polar surface area (TPSA) is 81.5 Å². The van der Waals surface area contributed by atoms with Crippen LogP contribution in [0.15, 0.2) is 30.5 Å². The molecule has 39 heavy (non-hydrogen) atoms. The third kappa shape index (κ3) is 5.72. The van der Waals surface area contributed by atoms with Crippen molar-refractivity contribution in [2.75, 3.05) is 23.0 Å². The lowest BCUT2D eigenvalue weighted by Crippen LogP contribution is -2.44. The van der Waals surface area contributed by atoms with Gasteiger partial charge in [-0.05, 0) is 95.4 Å². The Kier molecular flexibility index (Phi) is 8.19. The lowest BCUT2D eigenvalue weighted by molar-refractivity contribution is -0.137. The van der Waals surface area contributed by atoms with Crippen LogP contribution in [0.2, 0.25) is 0 Å². The summed E-state index contributed by atoms with van der Waals surface area (Å²) in [6, 6.07) is 7.06. The summed E-state index contributed by atoms with van der Waals surface area (Å²) in [7, 11) is 0. The summed E-state index contributed by atoms with van der Waals surface area (Å²) >= 11 is 5.63. The standard InChI is InChI=1S/C28H32F3N5O2S/c1-5-19-13-22(16-34-24(19)38-11-9-18-8-10-33-17(2)12-18)36-26(39)35(25(37)27(36,3)4)21-7-6-20(15-32)23(14-21)28(29,30)31/h6-7,13-14,16-18,33H,5,8-12H2,1-4H3/t17-,18+/m0/s1. The Morgan fingerprint density at radius 1 is 1.28 bits per heavy atom. The summed E-state index contributed by atoms with van der Waals surface area (Å²) in [5.41, 5.74) is -1.51. The SMILES string of the molecule is CCc1cc(N2C(=S)N(c3ccc(C#N)c(C(F)(F)F)c3)C(=O)C2(C)C)cnc1OCC[C@H]1CCN[C@@H](C)C1. The molecule has 1 aromatic carbocycles. The van der Waals surface area contributed by atoms with E-state index in [1.807, 2.05) is 13.0 Å². The van der Waals surface area contributed by atoms with E-state index >= 15 is 0 Å². The molecule has 2 saturated heterocycles. The number of rotatable bonds is 7. The van der Waals surface area contributed by atoms with E-state index in [4.69, 9.17) is 22.2 Å². The number of pyridine rings is 1. The monoisotopic (exact) mass is 559 g/mol. The maximum absolute atomic E-state index is 13.6. The highest BCUT2D eigenvalue weighted by Crippen LogP contribution is 2.40. The highest BCUT2D eigenvalue weighted by Gasteiger charge is 2.51. The van der Waals surface area contributed by atoms with Crippen molar-refractivity contribution in [1.29, 1.82) is 5.26 Å². The highest BCUT2D eigenvalue weighted by atomic mass is 32.1. The molecule has 0 unspecified atom stereocenters. The number of thiocarbonyl (C=S) groups is 1. The van der Waals surface area contributed by atoms with Gasteiger partial charge in [-0.1, -0.05) is 6.92 Å². The number of benzene rings is 1. The Labute approximate surface area is 231 Å². The zero-order chi connectivity index (χ0) is 28.5. The molecule has 0 saturated carbocycles. The first kappa shape index (κ1) is 28.8. The number of hydrogen-bond acceptors (Lipinski definition) is 6. The van der Waals surface area contributed by atoms with Crippen LogP contribution in [-0.2, 0) is 17.4 Å². The number of anilines is 2. The number of nitriles is 1. The first-order valence-electron chi connectivity index (χ1n) is 13.0. The molecule has 3 heterocycles. The van der Waals surface area contributed by atoms with Crippen molar-refractivity contribution < 1.29 is 22.7 Å². The van der Waals surface area contributed by atoms with Crippen LogP contribution in [0.3, 0.4) is 0 Å². The second-order valence-corrected chi connectivity index (χ2v) is 10.9. The summed E-state index contributed by atoms with van der Waals surface area (Å²) in [6.45, 7) is 9.05. The molecular weight excluding hydrogens is 527 g/mol. The fourth-order valence-electron chi connectivity index (χ4n) is 5.27. The predicted molar refractivity (Wildman–Crippen MR) is 147 cm³/mol. The van der Waals surface area contributed by atoms with Gasteiger partial charge in [0.25, 0.3) is 5.91 Å². The number of aromatic nitrogens is 1. The number of halogens is 3. The largest absolute Gasteiger partial charge is 0.477 e. The van der Waals surface area contributed by atoms with E-state index in [1.54, 1.807) is 31.0 Å².